The van der Waals surface area contributed by atoms with Crippen molar-refractivity contribution in [1.82, 2.24) is 4.72 Å². The van der Waals surface area contributed by atoms with Crippen LogP contribution in [0.3, 0.4) is 0 Å². The van der Waals surface area contributed by atoms with E-state index in [0.29, 0.717) is 12.3 Å². The molecule has 0 spiro atoms. The Morgan fingerprint density at radius 3 is 2.42 bits per heavy atom. The molecule has 0 bridgehead atoms. The van der Waals surface area contributed by atoms with Gasteiger partial charge in [-0.3, -0.25) is 0 Å². The third kappa shape index (κ3) is 6.23. The minimum absolute atomic E-state index is 0.0486. The van der Waals surface area contributed by atoms with Crippen molar-refractivity contribution < 1.29 is 13.5 Å². The summed E-state index contributed by atoms with van der Waals surface area (Å²) in [6.07, 6.45) is 7.17. The molecule has 0 aromatic heterocycles. The number of rotatable bonds is 8. The predicted molar refractivity (Wildman–Crippen MR) is 78.4 cm³/mol. The van der Waals surface area contributed by atoms with Crippen molar-refractivity contribution in [3.05, 3.63) is 0 Å². The van der Waals surface area contributed by atoms with Crippen LogP contribution in [-0.4, -0.2) is 31.9 Å². The Labute approximate surface area is 118 Å². The molecular weight excluding hydrogens is 262 g/mol. The van der Waals surface area contributed by atoms with Crippen LogP contribution in [0.1, 0.15) is 58.8 Å². The van der Waals surface area contributed by atoms with E-state index in [4.69, 9.17) is 5.11 Å². The third-order valence-corrected chi connectivity index (χ3v) is 5.86. The van der Waals surface area contributed by atoms with Gasteiger partial charge in [-0.25, -0.2) is 13.1 Å². The summed E-state index contributed by atoms with van der Waals surface area (Å²) in [6.45, 7) is 4.01. The fraction of sp³-hybridized carbons (Fsp3) is 1.00. The normalized spacial score (nSPS) is 21.2. The SMILES string of the molecule is CCC(C)CS(=O)(=O)NC(CCO)C1CCCCC1. The van der Waals surface area contributed by atoms with E-state index in [1.807, 2.05) is 13.8 Å². The summed E-state index contributed by atoms with van der Waals surface area (Å²) in [4.78, 5) is 0. The van der Waals surface area contributed by atoms with Crippen molar-refractivity contribution in [1.29, 1.82) is 0 Å². The van der Waals surface area contributed by atoms with Crippen LogP contribution in [0.4, 0.5) is 0 Å². The van der Waals surface area contributed by atoms with Gasteiger partial charge in [0.05, 0.1) is 5.75 Å². The maximum absolute atomic E-state index is 12.1. The molecule has 5 heteroatoms. The lowest BCUT2D eigenvalue weighted by atomic mass is 9.83. The number of aliphatic hydroxyl groups excluding tert-OH is 1. The molecule has 2 unspecified atom stereocenters. The van der Waals surface area contributed by atoms with E-state index < -0.39 is 10.0 Å². The lowest BCUT2D eigenvalue weighted by Gasteiger charge is -2.30. The van der Waals surface area contributed by atoms with E-state index in [1.165, 1.54) is 19.3 Å². The van der Waals surface area contributed by atoms with Gasteiger partial charge in [0, 0.05) is 12.6 Å². The Bertz CT molecular complexity index is 337. The number of hydrogen-bond donors (Lipinski definition) is 2. The second-order valence-electron chi connectivity index (χ2n) is 5.93. The molecule has 0 aromatic carbocycles. The second-order valence-corrected chi connectivity index (χ2v) is 7.73. The highest BCUT2D eigenvalue weighted by molar-refractivity contribution is 7.89. The Balaban J connectivity index is 2.60. The number of hydrogen-bond acceptors (Lipinski definition) is 3. The Hall–Kier alpha value is -0.130. The van der Waals surface area contributed by atoms with Crippen molar-refractivity contribution in [2.24, 2.45) is 11.8 Å². The predicted octanol–water partition coefficient (Wildman–Crippen LogP) is 2.28. The van der Waals surface area contributed by atoms with Crippen molar-refractivity contribution in [2.75, 3.05) is 12.4 Å². The summed E-state index contributed by atoms with van der Waals surface area (Å²) < 4.78 is 27.1. The van der Waals surface area contributed by atoms with E-state index in [1.54, 1.807) is 0 Å². The monoisotopic (exact) mass is 291 g/mol. The molecule has 2 N–H and O–H groups in total. The van der Waals surface area contributed by atoms with Gasteiger partial charge in [-0.15, -0.1) is 0 Å². The maximum Gasteiger partial charge on any atom is 0.212 e. The zero-order valence-electron chi connectivity index (χ0n) is 12.3. The molecule has 0 amide bonds. The summed E-state index contributed by atoms with van der Waals surface area (Å²) >= 11 is 0. The van der Waals surface area contributed by atoms with Gasteiger partial charge >= 0.3 is 0 Å². The number of sulfonamides is 1. The van der Waals surface area contributed by atoms with Gasteiger partial charge in [0.2, 0.25) is 10.0 Å². The molecule has 1 fully saturated rings. The Morgan fingerprint density at radius 1 is 1.26 bits per heavy atom. The minimum atomic E-state index is -3.22. The molecular formula is C14H29NO3S. The van der Waals surface area contributed by atoms with E-state index in [9.17, 15) is 8.42 Å². The van der Waals surface area contributed by atoms with E-state index in [2.05, 4.69) is 4.72 Å². The molecule has 0 aromatic rings. The first kappa shape index (κ1) is 16.9. The van der Waals surface area contributed by atoms with Gasteiger partial charge in [0.1, 0.15) is 0 Å². The van der Waals surface area contributed by atoms with Crippen LogP contribution < -0.4 is 4.72 Å². The van der Waals surface area contributed by atoms with Crippen LogP contribution >= 0.6 is 0 Å². The molecule has 1 aliphatic carbocycles. The maximum atomic E-state index is 12.1. The highest BCUT2D eigenvalue weighted by Crippen LogP contribution is 2.28. The Morgan fingerprint density at radius 2 is 1.89 bits per heavy atom. The third-order valence-electron chi connectivity index (χ3n) is 4.19. The van der Waals surface area contributed by atoms with Gasteiger partial charge in [0.15, 0.2) is 0 Å². The van der Waals surface area contributed by atoms with Gasteiger partial charge in [-0.1, -0.05) is 39.5 Å². The van der Waals surface area contributed by atoms with Crippen molar-refractivity contribution in [3.63, 3.8) is 0 Å². The van der Waals surface area contributed by atoms with Crippen LogP contribution in [0.25, 0.3) is 0 Å². The highest BCUT2D eigenvalue weighted by Gasteiger charge is 2.27. The van der Waals surface area contributed by atoms with E-state index >= 15 is 0 Å². The number of aliphatic hydroxyl groups is 1. The van der Waals surface area contributed by atoms with E-state index in [-0.39, 0.29) is 24.3 Å². The molecule has 114 valence electrons. The fourth-order valence-corrected chi connectivity index (χ4v) is 4.69. The van der Waals surface area contributed by atoms with Gasteiger partial charge in [0.25, 0.3) is 0 Å². The molecule has 1 aliphatic rings. The molecule has 0 saturated heterocycles. The van der Waals surface area contributed by atoms with Crippen LogP contribution in [-0.2, 0) is 10.0 Å². The second kappa shape index (κ2) is 8.22. The topological polar surface area (TPSA) is 66.4 Å². The molecule has 0 heterocycles. The lowest BCUT2D eigenvalue weighted by molar-refractivity contribution is 0.221. The first-order valence-electron chi connectivity index (χ1n) is 7.59. The first-order chi connectivity index (χ1) is 8.98. The average Bonchev–Trinajstić information content (AvgIpc) is 2.38. The lowest BCUT2D eigenvalue weighted by Crippen LogP contribution is -2.43. The molecule has 0 aliphatic heterocycles. The average molecular weight is 291 g/mol. The number of nitrogens with one attached hydrogen (secondary N) is 1. The largest absolute Gasteiger partial charge is 0.396 e. The van der Waals surface area contributed by atoms with Crippen LogP contribution in [0.2, 0.25) is 0 Å². The van der Waals surface area contributed by atoms with Crippen molar-refractivity contribution in [3.8, 4) is 0 Å². The van der Waals surface area contributed by atoms with Gasteiger partial charge in [-0.05, 0) is 31.1 Å². The fourth-order valence-electron chi connectivity index (χ4n) is 2.84. The summed E-state index contributed by atoms with van der Waals surface area (Å²) in [5.41, 5.74) is 0. The van der Waals surface area contributed by atoms with Gasteiger partial charge < -0.3 is 5.11 Å². The summed E-state index contributed by atoms with van der Waals surface area (Å²) in [5.74, 6) is 0.768. The molecule has 2 atom stereocenters. The van der Waals surface area contributed by atoms with Crippen LogP contribution in [0.15, 0.2) is 0 Å². The van der Waals surface area contributed by atoms with Gasteiger partial charge in [-0.2, -0.15) is 0 Å². The quantitative estimate of drug-likeness (QED) is 0.721. The van der Waals surface area contributed by atoms with Crippen LogP contribution in [0.5, 0.6) is 0 Å². The minimum Gasteiger partial charge on any atom is -0.396 e. The zero-order valence-corrected chi connectivity index (χ0v) is 13.1. The standard InChI is InChI=1S/C14H29NO3S/c1-3-12(2)11-19(17,18)15-14(9-10-16)13-7-5-4-6-8-13/h12-16H,3-11H2,1-2H3. The smallest absolute Gasteiger partial charge is 0.212 e. The van der Waals surface area contributed by atoms with Crippen molar-refractivity contribution >= 4 is 10.0 Å². The zero-order chi connectivity index (χ0) is 14.3. The molecule has 0 radical (unpaired) electrons. The molecule has 4 nitrogen and oxygen atoms in total. The molecule has 1 saturated carbocycles. The van der Waals surface area contributed by atoms with Crippen molar-refractivity contribution in [2.45, 2.75) is 64.8 Å². The molecule has 1 rings (SSSR count). The summed E-state index contributed by atoms with van der Waals surface area (Å²) in [6, 6.07) is -0.0839. The highest BCUT2D eigenvalue weighted by atomic mass is 32.2. The first-order valence-corrected chi connectivity index (χ1v) is 9.24. The van der Waals surface area contributed by atoms with Crippen LogP contribution in [0, 0.1) is 11.8 Å². The molecule has 19 heavy (non-hydrogen) atoms. The summed E-state index contributed by atoms with van der Waals surface area (Å²) in [5, 5.41) is 9.16. The Kier molecular flexibility index (Phi) is 7.32. The van der Waals surface area contributed by atoms with E-state index in [0.717, 1.165) is 19.3 Å². The summed E-state index contributed by atoms with van der Waals surface area (Å²) in [7, 11) is -3.22.